The zero-order chi connectivity index (χ0) is 18.4. The number of likely N-dealkylation sites (tertiary alicyclic amines) is 1. The Bertz CT molecular complexity index is 748. The van der Waals surface area contributed by atoms with Crippen molar-refractivity contribution in [2.24, 2.45) is 0 Å². The maximum atomic E-state index is 11.4. The van der Waals surface area contributed by atoms with E-state index in [0.29, 0.717) is 17.6 Å². The number of piperidine rings is 1. The summed E-state index contributed by atoms with van der Waals surface area (Å²) in [4.78, 5) is 17.9. The molecule has 0 bridgehead atoms. The van der Waals surface area contributed by atoms with Gasteiger partial charge in [-0.1, -0.05) is 17.7 Å². The maximum absolute atomic E-state index is 11.4. The summed E-state index contributed by atoms with van der Waals surface area (Å²) < 4.78 is 4.72. The van der Waals surface area contributed by atoms with E-state index in [9.17, 15) is 4.79 Å². The van der Waals surface area contributed by atoms with Crippen molar-refractivity contribution in [2.75, 3.05) is 37.4 Å². The zero-order valence-corrected chi connectivity index (χ0v) is 15.5. The van der Waals surface area contributed by atoms with Crippen molar-refractivity contribution in [3.63, 3.8) is 0 Å². The molecule has 1 aromatic heterocycles. The second-order valence-electron chi connectivity index (χ2n) is 6.34. The van der Waals surface area contributed by atoms with E-state index in [1.807, 2.05) is 36.4 Å². The van der Waals surface area contributed by atoms with Crippen LogP contribution in [0.1, 0.15) is 12.8 Å². The monoisotopic (exact) mass is 374 g/mol. The molecular weight excluding hydrogens is 352 g/mol. The van der Waals surface area contributed by atoms with Crippen molar-refractivity contribution in [1.82, 2.24) is 9.88 Å². The SMILES string of the molecule is COC(=O)CN1CCC(Nc2cc(Nc3cccc(Cl)c3)ccn2)CC1. The third-order valence-corrected chi connectivity index (χ3v) is 4.63. The highest BCUT2D eigenvalue weighted by Crippen LogP contribution is 2.22. The number of anilines is 3. The lowest BCUT2D eigenvalue weighted by Crippen LogP contribution is -2.41. The van der Waals surface area contributed by atoms with E-state index in [1.54, 1.807) is 6.20 Å². The van der Waals surface area contributed by atoms with E-state index >= 15 is 0 Å². The number of ether oxygens (including phenoxy) is 1. The second kappa shape index (κ2) is 8.87. The molecule has 1 fully saturated rings. The molecule has 0 radical (unpaired) electrons. The van der Waals surface area contributed by atoms with Crippen LogP contribution < -0.4 is 10.6 Å². The summed E-state index contributed by atoms with van der Waals surface area (Å²) in [5.74, 6) is 0.654. The van der Waals surface area contributed by atoms with Crippen LogP contribution in [0.2, 0.25) is 5.02 Å². The maximum Gasteiger partial charge on any atom is 0.319 e. The Labute approximate surface area is 158 Å². The Morgan fingerprint density at radius 2 is 2.04 bits per heavy atom. The van der Waals surface area contributed by atoms with Gasteiger partial charge in [-0.05, 0) is 37.1 Å². The van der Waals surface area contributed by atoms with E-state index in [4.69, 9.17) is 16.3 Å². The van der Waals surface area contributed by atoms with E-state index < -0.39 is 0 Å². The van der Waals surface area contributed by atoms with Crippen LogP contribution in [0.25, 0.3) is 0 Å². The fourth-order valence-corrected chi connectivity index (χ4v) is 3.20. The Hall–Kier alpha value is -2.31. The third kappa shape index (κ3) is 5.34. The number of carbonyl (C=O) groups is 1. The summed E-state index contributed by atoms with van der Waals surface area (Å²) >= 11 is 6.03. The number of nitrogens with one attached hydrogen (secondary N) is 2. The van der Waals surface area contributed by atoms with E-state index in [0.717, 1.165) is 43.1 Å². The predicted molar refractivity (Wildman–Crippen MR) is 104 cm³/mol. The molecule has 1 aromatic carbocycles. The molecule has 1 aliphatic heterocycles. The molecule has 7 heteroatoms. The Morgan fingerprint density at radius 3 is 2.77 bits per heavy atom. The van der Waals surface area contributed by atoms with Crippen LogP contribution in [-0.2, 0) is 9.53 Å². The van der Waals surface area contributed by atoms with Gasteiger partial charge in [0.2, 0.25) is 0 Å². The highest BCUT2D eigenvalue weighted by Gasteiger charge is 2.21. The first kappa shape index (κ1) is 18.5. The molecule has 2 heterocycles. The quantitative estimate of drug-likeness (QED) is 0.754. The molecule has 6 nitrogen and oxygen atoms in total. The van der Waals surface area contributed by atoms with Crippen LogP contribution in [-0.4, -0.2) is 48.6 Å². The van der Waals surface area contributed by atoms with Gasteiger partial charge >= 0.3 is 5.97 Å². The number of rotatable bonds is 6. The van der Waals surface area contributed by atoms with Crippen LogP contribution in [0.5, 0.6) is 0 Å². The van der Waals surface area contributed by atoms with Crippen LogP contribution in [0, 0.1) is 0 Å². The van der Waals surface area contributed by atoms with E-state index in [2.05, 4.69) is 20.5 Å². The van der Waals surface area contributed by atoms with Gasteiger partial charge in [0.15, 0.2) is 0 Å². The largest absolute Gasteiger partial charge is 0.468 e. The average Bonchev–Trinajstić information content (AvgIpc) is 2.63. The molecule has 0 atom stereocenters. The summed E-state index contributed by atoms with van der Waals surface area (Å²) in [6.07, 6.45) is 3.71. The fraction of sp³-hybridized carbons (Fsp3) is 0.368. The Kier molecular flexibility index (Phi) is 6.30. The van der Waals surface area contributed by atoms with Gasteiger partial charge in [0.1, 0.15) is 5.82 Å². The molecule has 2 N–H and O–H groups in total. The molecule has 0 amide bonds. The van der Waals surface area contributed by atoms with Crippen molar-refractivity contribution in [3.8, 4) is 0 Å². The van der Waals surface area contributed by atoms with Crippen molar-refractivity contribution in [2.45, 2.75) is 18.9 Å². The van der Waals surface area contributed by atoms with Gasteiger partial charge in [0.05, 0.1) is 13.7 Å². The smallest absolute Gasteiger partial charge is 0.319 e. The number of carbonyl (C=O) groups excluding carboxylic acids is 1. The standard InChI is InChI=1S/C19H23ClN4O2/c1-26-19(25)13-24-9-6-15(7-10-24)23-18-12-17(5-8-21-18)22-16-4-2-3-14(20)11-16/h2-5,8,11-12,15H,6-7,9-10,13H2,1H3,(H2,21,22,23). The number of hydrogen-bond acceptors (Lipinski definition) is 6. The highest BCUT2D eigenvalue weighted by molar-refractivity contribution is 6.30. The number of aromatic nitrogens is 1. The fourth-order valence-electron chi connectivity index (χ4n) is 3.01. The number of pyridine rings is 1. The van der Waals surface area contributed by atoms with Crippen LogP contribution >= 0.6 is 11.6 Å². The first-order valence-electron chi connectivity index (χ1n) is 8.67. The minimum atomic E-state index is -0.183. The summed E-state index contributed by atoms with van der Waals surface area (Å²) in [6.45, 7) is 2.10. The lowest BCUT2D eigenvalue weighted by atomic mass is 10.1. The third-order valence-electron chi connectivity index (χ3n) is 4.39. The Balaban J connectivity index is 1.54. The normalized spacial score (nSPS) is 15.5. The summed E-state index contributed by atoms with van der Waals surface area (Å²) in [7, 11) is 1.42. The Morgan fingerprint density at radius 1 is 1.27 bits per heavy atom. The van der Waals surface area contributed by atoms with Gasteiger partial charge < -0.3 is 15.4 Å². The topological polar surface area (TPSA) is 66.5 Å². The van der Waals surface area contributed by atoms with Crippen molar-refractivity contribution < 1.29 is 9.53 Å². The van der Waals surface area contributed by atoms with Crippen molar-refractivity contribution >= 4 is 34.8 Å². The average molecular weight is 375 g/mol. The lowest BCUT2D eigenvalue weighted by Gasteiger charge is -2.31. The summed E-state index contributed by atoms with van der Waals surface area (Å²) in [6, 6.07) is 11.9. The predicted octanol–water partition coefficient (Wildman–Crippen LogP) is 3.53. The molecule has 0 unspecified atom stereocenters. The number of nitrogens with zero attached hydrogens (tertiary/aromatic N) is 2. The minimum absolute atomic E-state index is 0.183. The molecule has 0 spiro atoms. The molecule has 1 saturated heterocycles. The number of esters is 1. The number of benzene rings is 1. The number of halogens is 1. The van der Waals surface area contributed by atoms with Gasteiger partial charge in [-0.2, -0.15) is 0 Å². The zero-order valence-electron chi connectivity index (χ0n) is 14.7. The molecule has 3 rings (SSSR count). The first-order valence-corrected chi connectivity index (χ1v) is 9.04. The molecule has 26 heavy (non-hydrogen) atoms. The second-order valence-corrected chi connectivity index (χ2v) is 6.77. The van der Waals surface area contributed by atoms with E-state index in [1.165, 1.54) is 7.11 Å². The van der Waals surface area contributed by atoms with Gasteiger partial charge in [-0.15, -0.1) is 0 Å². The van der Waals surface area contributed by atoms with Crippen molar-refractivity contribution in [3.05, 3.63) is 47.6 Å². The van der Waals surface area contributed by atoms with Crippen LogP contribution in [0.15, 0.2) is 42.6 Å². The summed E-state index contributed by atoms with van der Waals surface area (Å²) in [5.41, 5.74) is 1.89. The minimum Gasteiger partial charge on any atom is -0.468 e. The molecular formula is C19H23ClN4O2. The molecule has 0 saturated carbocycles. The molecule has 138 valence electrons. The van der Waals surface area contributed by atoms with Crippen LogP contribution in [0.3, 0.4) is 0 Å². The van der Waals surface area contributed by atoms with Gasteiger partial charge in [-0.25, -0.2) is 4.98 Å². The highest BCUT2D eigenvalue weighted by atomic mass is 35.5. The van der Waals surface area contributed by atoms with Crippen molar-refractivity contribution in [1.29, 1.82) is 0 Å². The van der Waals surface area contributed by atoms with E-state index in [-0.39, 0.29) is 5.97 Å². The molecule has 0 aliphatic carbocycles. The summed E-state index contributed by atoms with van der Waals surface area (Å²) in [5, 5.41) is 7.52. The van der Waals surface area contributed by atoms with Gasteiger partial charge in [0.25, 0.3) is 0 Å². The number of hydrogen-bond donors (Lipinski definition) is 2. The lowest BCUT2D eigenvalue weighted by molar-refractivity contribution is -0.142. The molecule has 1 aliphatic rings. The van der Waals surface area contributed by atoms with Gasteiger partial charge in [-0.3, -0.25) is 9.69 Å². The van der Waals surface area contributed by atoms with Crippen LogP contribution in [0.4, 0.5) is 17.2 Å². The first-order chi connectivity index (χ1) is 12.6. The molecule has 2 aromatic rings. The van der Waals surface area contributed by atoms with Gasteiger partial charge in [0, 0.05) is 47.8 Å². The number of methoxy groups -OCH3 is 1.